The van der Waals surface area contributed by atoms with E-state index >= 15 is 0 Å². The molecule has 5 nitrogen and oxygen atoms in total. The minimum atomic E-state index is -2.99. The number of nitrogens with zero attached hydrogens (tertiary/aromatic N) is 2. The molecule has 0 spiro atoms. The minimum absolute atomic E-state index is 0.00687. The van der Waals surface area contributed by atoms with Gasteiger partial charge in [-0.1, -0.05) is 23.7 Å². The highest BCUT2D eigenvalue weighted by Crippen LogP contribution is 2.36. The van der Waals surface area contributed by atoms with Gasteiger partial charge < -0.3 is 14.7 Å². The van der Waals surface area contributed by atoms with Crippen LogP contribution in [0.25, 0.3) is 0 Å². The lowest BCUT2D eigenvalue weighted by Gasteiger charge is -2.37. The highest BCUT2D eigenvalue weighted by Gasteiger charge is 2.41. The average Bonchev–Trinajstić information content (AvgIpc) is 3.11. The third-order valence-corrected chi connectivity index (χ3v) is 6.25. The fourth-order valence-corrected chi connectivity index (χ4v) is 4.64. The summed E-state index contributed by atoms with van der Waals surface area (Å²) >= 11 is 6.02. The Bertz CT molecular complexity index is 944. The van der Waals surface area contributed by atoms with Crippen LogP contribution in [-0.4, -0.2) is 54.4 Å². The lowest BCUT2D eigenvalue weighted by atomic mass is 9.87. The highest BCUT2D eigenvalue weighted by atomic mass is 35.5. The molecule has 2 heterocycles. The van der Waals surface area contributed by atoms with E-state index in [9.17, 15) is 23.1 Å². The Morgan fingerprint density at radius 2 is 1.84 bits per heavy atom. The van der Waals surface area contributed by atoms with Crippen molar-refractivity contribution in [3.63, 3.8) is 0 Å². The summed E-state index contributed by atoms with van der Waals surface area (Å²) < 4.78 is 44.1. The molecule has 0 aromatic heterocycles. The fraction of sp³-hybridized carbons (Fsp3) is 0.409. The van der Waals surface area contributed by atoms with Crippen molar-refractivity contribution in [3.05, 3.63) is 53.1 Å². The monoisotopic (exact) mass is 454 g/mol. The molecule has 2 aliphatic rings. The summed E-state index contributed by atoms with van der Waals surface area (Å²) in [5.74, 6) is -0.443. The molecule has 0 bridgehead atoms. The molecule has 2 aromatic rings. The molecule has 2 saturated heterocycles. The van der Waals surface area contributed by atoms with E-state index < -0.39 is 18.8 Å². The second-order valence-corrected chi connectivity index (χ2v) is 8.19. The summed E-state index contributed by atoms with van der Waals surface area (Å²) in [4.78, 5) is 16.4. The van der Waals surface area contributed by atoms with Gasteiger partial charge in [0.25, 0.3) is 0 Å². The SMILES string of the molecule is O=C1C(N2CCC(c3ccc(O)cc3)C(F)C2)CCN1c1ccc(OC(F)F)c(Cl)c1. The lowest BCUT2D eigenvalue weighted by Crippen LogP contribution is -2.49. The molecule has 9 heteroatoms. The van der Waals surface area contributed by atoms with Crippen LogP contribution in [0, 0.1) is 0 Å². The van der Waals surface area contributed by atoms with Gasteiger partial charge in [-0.15, -0.1) is 0 Å². The number of carbonyl (C=O) groups excluding carboxylic acids is 1. The number of phenols is 1. The zero-order valence-electron chi connectivity index (χ0n) is 16.6. The first-order chi connectivity index (χ1) is 14.8. The topological polar surface area (TPSA) is 53.0 Å². The van der Waals surface area contributed by atoms with E-state index in [1.54, 1.807) is 29.2 Å². The predicted molar refractivity (Wildman–Crippen MR) is 111 cm³/mol. The van der Waals surface area contributed by atoms with Gasteiger partial charge in [0, 0.05) is 24.7 Å². The molecule has 2 aromatic carbocycles. The van der Waals surface area contributed by atoms with Crippen molar-refractivity contribution in [2.45, 2.75) is 37.6 Å². The van der Waals surface area contributed by atoms with E-state index in [4.69, 9.17) is 11.6 Å². The molecular weight excluding hydrogens is 433 g/mol. The number of piperidine rings is 1. The van der Waals surface area contributed by atoms with Gasteiger partial charge >= 0.3 is 6.61 Å². The van der Waals surface area contributed by atoms with E-state index in [-0.39, 0.29) is 34.9 Å². The first kappa shape index (κ1) is 21.8. The molecule has 1 N–H and O–H groups in total. The van der Waals surface area contributed by atoms with Crippen LogP contribution in [0.1, 0.15) is 24.3 Å². The Labute approximate surface area is 183 Å². The summed E-state index contributed by atoms with van der Waals surface area (Å²) in [5, 5.41) is 9.43. The van der Waals surface area contributed by atoms with Gasteiger partial charge in [-0.2, -0.15) is 8.78 Å². The number of carbonyl (C=O) groups is 1. The van der Waals surface area contributed by atoms with Crippen LogP contribution in [0.5, 0.6) is 11.5 Å². The molecule has 3 atom stereocenters. The Morgan fingerprint density at radius 1 is 1.10 bits per heavy atom. The maximum atomic E-state index is 15.0. The zero-order chi connectivity index (χ0) is 22.1. The number of alkyl halides is 3. The van der Waals surface area contributed by atoms with Crippen LogP contribution in [-0.2, 0) is 4.79 Å². The first-order valence-corrected chi connectivity index (χ1v) is 10.4. The van der Waals surface area contributed by atoms with E-state index in [2.05, 4.69) is 4.74 Å². The number of amides is 1. The van der Waals surface area contributed by atoms with Gasteiger partial charge in [-0.25, -0.2) is 4.39 Å². The minimum Gasteiger partial charge on any atom is -0.508 e. The number of benzene rings is 2. The van der Waals surface area contributed by atoms with Crippen LogP contribution in [0.15, 0.2) is 42.5 Å². The van der Waals surface area contributed by atoms with Crippen LogP contribution < -0.4 is 9.64 Å². The quantitative estimate of drug-likeness (QED) is 0.718. The van der Waals surface area contributed by atoms with Crippen LogP contribution in [0.3, 0.4) is 0 Å². The number of anilines is 1. The molecule has 0 saturated carbocycles. The molecule has 3 unspecified atom stereocenters. The molecule has 166 valence electrons. The van der Waals surface area contributed by atoms with Crippen molar-refractivity contribution in [2.24, 2.45) is 0 Å². The maximum absolute atomic E-state index is 15.0. The number of ether oxygens (including phenoxy) is 1. The number of hydrogen-bond donors (Lipinski definition) is 1. The van der Waals surface area contributed by atoms with Crippen molar-refractivity contribution in [3.8, 4) is 11.5 Å². The van der Waals surface area contributed by atoms with Gasteiger partial charge in [-0.3, -0.25) is 9.69 Å². The number of likely N-dealkylation sites (tertiary alicyclic amines) is 1. The van der Waals surface area contributed by atoms with E-state index in [1.807, 2.05) is 4.90 Å². The Balaban J connectivity index is 1.41. The van der Waals surface area contributed by atoms with Crippen molar-refractivity contribution in [1.29, 1.82) is 0 Å². The molecular formula is C22H22ClF3N2O3. The normalized spacial score (nSPS) is 24.7. The summed E-state index contributed by atoms with van der Waals surface area (Å²) in [6.45, 7) is -1.82. The first-order valence-electron chi connectivity index (χ1n) is 10.1. The Kier molecular flexibility index (Phi) is 6.29. The lowest BCUT2D eigenvalue weighted by molar-refractivity contribution is -0.122. The molecule has 31 heavy (non-hydrogen) atoms. The third kappa shape index (κ3) is 4.60. The maximum Gasteiger partial charge on any atom is 0.387 e. The van der Waals surface area contributed by atoms with Crippen LogP contribution in [0.2, 0.25) is 5.02 Å². The Morgan fingerprint density at radius 3 is 2.48 bits per heavy atom. The highest BCUT2D eigenvalue weighted by molar-refractivity contribution is 6.32. The van der Waals surface area contributed by atoms with Gasteiger partial charge in [0.05, 0.1) is 11.1 Å². The second-order valence-electron chi connectivity index (χ2n) is 7.79. The molecule has 2 fully saturated rings. The molecule has 0 radical (unpaired) electrons. The number of aromatic hydroxyl groups is 1. The van der Waals surface area contributed by atoms with Gasteiger partial charge in [0.1, 0.15) is 17.7 Å². The van der Waals surface area contributed by atoms with Crippen molar-refractivity contribution in [2.75, 3.05) is 24.5 Å². The Hall–Kier alpha value is -2.45. The molecule has 1 amide bonds. The zero-order valence-corrected chi connectivity index (χ0v) is 17.3. The average molecular weight is 455 g/mol. The summed E-state index contributed by atoms with van der Waals surface area (Å²) in [6, 6.07) is 10.4. The van der Waals surface area contributed by atoms with Crippen molar-refractivity contribution >= 4 is 23.2 Å². The molecule has 2 aliphatic heterocycles. The van der Waals surface area contributed by atoms with E-state index in [0.29, 0.717) is 31.6 Å². The van der Waals surface area contributed by atoms with Gasteiger partial charge in [-0.05, 0) is 55.3 Å². The number of phenolic OH excluding ortho intramolecular Hbond substituents is 1. The number of rotatable bonds is 5. The largest absolute Gasteiger partial charge is 0.508 e. The van der Waals surface area contributed by atoms with Gasteiger partial charge in [0.2, 0.25) is 5.91 Å². The summed E-state index contributed by atoms with van der Waals surface area (Å²) in [7, 11) is 0. The second kappa shape index (κ2) is 8.96. The summed E-state index contributed by atoms with van der Waals surface area (Å²) in [5.41, 5.74) is 1.33. The standard InChI is InChI=1S/C22H22ClF3N2O3/c23-17-11-14(3-6-20(17)31-22(25)26)28-10-8-19(21(28)30)27-9-7-16(18(24)12-27)13-1-4-15(29)5-2-13/h1-6,11,16,18-19,22,29H,7-10,12H2. The molecule has 0 aliphatic carbocycles. The summed E-state index contributed by atoms with van der Waals surface area (Å²) in [6.07, 6.45) is -0.0100. The van der Waals surface area contributed by atoms with Crippen LogP contribution >= 0.6 is 11.6 Å². The van der Waals surface area contributed by atoms with Crippen molar-refractivity contribution in [1.82, 2.24) is 4.90 Å². The van der Waals surface area contributed by atoms with Crippen molar-refractivity contribution < 1.29 is 27.8 Å². The third-order valence-electron chi connectivity index (χ3n) is 5.96. The predicted octanol–water partition coefficient (Wildman–Crippen LogP) is 4.58. The smallest absolute Gasteiger partial charge is 0.387 e. The van der Waals surface area contributed by atoms with Crippen LogP contribution in [0.4, 0.5) is 18.9 Å². The molecule has 4 rings (SSSR count). The number of halogens is 4. The number of hydrogen-bond acceptors (Lipinski definition) is 4. The fourth-order valence-electron chi connectivity index (χ4n) is 4.42. The van der Waals surface area contributed by atoms with E-state index in [1.165, 1.54) is 18.2 Å². The van der Waals surface area contributed by atoms with Gasteiger partial charge in [0.15, 0.2) is 0 Å². The van der Waals surface area contributed by atoms with E-state index in [0.717, 1.165) is 5.56 Å².